The van der Waals surface area contributed by atoms with Gasteiger partial charge in [0.1, 0.15) is 0 Å². The highest BCUT2D eigenvalue weighted by Gasteiger charge is 2.58. The predicted octanol–water partition coefficient (Wildman–Crippen LogP) is 8.53. The molecule has 0 saturated heterocycles. The van der Waals surface area contributed by atoms with Crippen LogP contribution in [0.25, 0.3) is 0 Å². The molecule has 0 heteroatoms. The molecular weight excluding hydrogens is 360 g/mol. The summed E-state index contributed by atoms with van der Waals surface area (Å²) in [4.78, 5) is 0. The first-order valence-electron chi connectivity index (χ1n) is 13.2. The minimum Gasteiger partial charge on any atom is -0.0845 e. The fourth-order valence-corrected chi connectivity index (χ4v) is 9.15. The van der Waals surface area contributed by atoms with Gasteiger partial charge in [0.05, 0.1) is 0 Å². The predicted molar refractivity (Wildman–Crippen MR) is 128 cm³/mol. The van der Waals surface area contributed by atoms with Crippen LogP contribution in [-0.4, -0.2) is 0 Å². The first kappa shape index (κ1) is 20.8. The van der Waals surface area contributed by atoms with Gasteiger partial charge in [-0.25, -0.2) is 0 Å². The van der Waals surface area contributed by atoms with Crippen LogP contribution in [0.15, 0.2) is 35.9 Å². The minimum atomic E-state index is 0.553. The third kappa shape index (κ3) is 3.23. The molecule has 0 spiro atoms. The van der Waals surface area contributed by atoms with Gasteiger partial charge in [0.15, 0.2) is 0 Å². The molecule has 1 aromatic rings. The zero-order valence-corrected chi connectivity index (χ0v) is 20.1. The molecular formula is C30H44. The molecule has 0 aliphatic heterocycles. The topological polar surface area (TPSA) is 0 Å². The van der Waals surface area contributed by atoms with E-state index in [-0.39, 0.29) is 0 Å². The maximum atomic E-state index is 2.74. The number of fused-ring (bicyclic) bond motifs is 5. The number of rotatable bonds is 4. The first-order valence-corrected chi connectivity index (χ1v) is 13.2. The van der Waals surface area contributed by atoms with Gasteiger partial charge in [-0.2, -0.15) is 0 Å². The largest absolute Gasteiger partial charge is 0.0845 e. The molecule has 164 valence electrons. The molecule has 4 aliphatic carbocycles. The van der Waals surface area contributed by atoms with Crippen molar-refractivity contribution in [2.75, 3.05) is 0 Å². The minimum absolute atomic E-state index is 0.553. The molecule has 3 fully saturated rings. The van der Waals surface area contributed by atoms with Gasteiger partial charge in [-0.05, 0) is 123 Å². The van der Waals surface area contributed by atoms with Gasteiger partial charge in [0, 0.05) is 0 Å². The van der Waals surface area contributed by atoms with Gasteiger partial charge in [-0.3, -0.25) is 0 Å². The Labute approximate surface area is 185 Å². The summed E-state index contributed by atoms with van der Waals surface area (Å²) in [6.07, 6.45) is 18.6. The van der Waals surface area contributed by atoms with Gasteiger partial charge < -0.3 is 0 Å². The highest BCUT2D eigenvalue weighted by molar-refractivity contribution is 5.26. The molecule has 1 aromatic carbocycles. The normalized spacial score (nSPS) is 41.4. The summed E-state index contributed by atoms with van der Waals surface area (Å²) in [5.41, 5.74) is 6.06. The summed E-state index contributed by atoms with van der Waals surface area (Å²) in [5.74, 6) is 4.74. The Morgan fingerprint density at radius 1 is 1.00 bits per heavy atom. The lowest BCUT2D eigenvalue weighted by Crippen LogP contribution is -2.50. The molecule has 0 nitrogen and oxygen atoms in total. The molecule has 0 bridgehead atoms. The van der Waals surface area contributed by atoms with Gasteiger partial charge in [0.2, 0.25) is 0 Å². The third-order valence-electron chi connectivity index (χ3n) is 10.9. The van der Waals surface area contributed by atoms with Crippen LogP contribution < -0.4 is 0 Å². The Hall–Kier alpha value is -1.04. The SMILES string of the molecule is Cc1ccccc1CCC(C)C1CCC2C3CC=C4CCCCC4(C)C3CCC12C. The standard InChI is InChI=1S/C30H44/c1-21-9-5-6-10-23(21)13-12-22(2)26-16-17-27-25-15-14-24-11-7-8-19-29(24,3)28(25)18-20-30(26,27)4/h5-6,9-10,14,22,25-28H,7-8,11-13,15-20H2,1-4H3. The van der Waals surface area contributed by atoms with E-state index < -0.39 is 0 Å². The molecule has 0 heterocycles. The van der Waals surface area contributed by atoms with Crippen LogP contribution in [0.5, 0.6) is 0 Å². The second-order valence-corrected chi connectivity index (χ2v) is 12.1. The molecule has 0 radical (unpaired) electrons. The monoisotopic (exact) mass is 404 g/mol. The van der Waals surface area contributed by atoms with Crippen molar-refractivity contribution in [3.63, 3.8) is 0 Å². The van der Waals surface area contributed by atoms with Crippen LogP contribution in [0.4, 0.5) is 0 Å². The lowest BCUT2D eigenvalue weighted by Gasteiger charge is -2.58. The summed E-state index contributed by atoms with van der Waals surface area (Å²) < 4.78 is 0. The van der Waals surface area contributed by atoms with E-state index in [2.05, 4.69) is 58.0 Å². The van der Waals surface area contributed by atoms with Crippen molar-refractivity contribution in [2.24, 2.45) is 40.4 Å². The van der Waals surface area contributed by atoms with Crippen molar-refractivity contribution in [3.05, 3.63) is 47.0 Å². The van der Waals surface area contributed by atoms with Crippen LogP contribution in [0, 0.1) is 47.3 Å². The Balaban J connectivity index is 1.31. The fraction of sp³-hybridized carbons (Fsp3) is 0.733. The van der Waals surface area contributed by atoms with Crippen LogP contribution in [0.2, 0.25) is 0 Å². The zero-order chi connectivity index (χ0) is 20.9. The van der Waals surface area contributed by atoms with Crippen molar-refractivity contribution in [2.45, 2.75) is 98.3 Å². The molecule has 0 aromatic heterocycles. The van der Waals surface area contributed by atoms with Crippen molar-refractivity contribution in [3.8, 4) is 0 Å². The second-order valence-electron chi connectivity index (χ2n) is 12.1. The van der Waals surface area contributed by atoms with E-state index in [0.29, 0.717) is 10.8 Å². The van der Waals surface area contributed by atoms with Crippen LogP contribution >= 0.6 is 0 Å². The van der Waals surface area contributed by atoms with Crippen molar-refractivity contribution >= 4 is 0 Å². The molecule has 5 rings (SSSR count). The van der Waals surface area contributed by atoms with E-state index in [4.69, 9.17) is 0 Å². The van der Waals surface area contributed by atoms with E-state index in [1.54, 1.807) is 5.56 Å². The van der Waals surface area contributed by atoms with Gasteiger partial charge in [0.25, 0.3) is 0 Å². The lowest BCUT2D eigenvalue weighted by atomic mass is 9.47. The summed E-state index contributed by atoms with van der Waals surface area (Å²) in [5, 5.41) is 0. The van der Waals surface area contributed by atoms with Crippen LogP contribution in [0.1, 0.15) is 96.1 Å². The van der Waals surface area contributed by atoms with Crippen molar-refractivity contribution < 1.29 is 0 Å². The highest BCUT2D eigenvalue weighted by atomic mass is 14.6. The second kappa shape index (κ2) is 7.83. The number of allylic oxidation sites excluding steroid dienone is 2. The van der Waals surface area contributed by atoms with Gasteiger partial charge in [-0.1, -0.05) is 63.1 Å². The smallest absolute Gasteiger partial charge is 0.00853 e. The average Bonchev–Trinajstić information content (AvgIpc) is 3.10. The highest BCUT2D eigenvalue weighted by Crippen LogP contribution is 2.67. The third-order valence-corrected chi connectivity index (χ3v) is 10.9. The number of hydrogen-bond acceptors (Lipinski definition) is 0. The van der Waals surface area contributed by atoms with Gasteiger partial charge >= 0.3 is 0 Å². The molecule has 30 heavy (non-hydrogen) atoms. The Kier molecular flexibility index (Phi) is 5.44. The maximum Gasteiger partial charge on any atom is -0.00853 e. The quantitative estimate of drug-likeness (QED) is 0.441. The zero-order valence-electron chi connectivity index (χ0n) is 20.1. The summed E-state index contributed by atoms with van der Waals surface area (Å²) >= 11 is 0. The molecule has 7 unspecified atom stereocenters. The molecule has 4 aliphatic rings. The first-order chi connectivity index (χ1) is 14.4. The van der Waals surface area contributed by atoms with E-state index in [1.807, 2.05) is 5.57 Å². The Bertz CT molecular complexity index is 802. The van der Waals surface area contributed by atoms with Crippen LogP contribution in [-0.2, 0) is 6.42 Å². The van der Waals surface area contributed by atoms with Gasteiger partial charge in [-0.15, -0.1) is 0 Å². The van der Waals surface area contributed by atoms with E-state index >= 15 is 0 Å². The summed E-state index contributed by atoms with van der Waals surface area (Å²) in [6, 6.07) is 9.03. The lowest BCUT2D eigenvalue weighted by molar-refractivity contribution is -0.0498. The van der Waals surface area contributed by atoms with Crippen molar-refractivity contribution in [1.29, 1.82) is 0 Å². The maximum absolute atomic E-state index is 2.74. The number of aryl methyl sites for hydroxylation is 2. The molecule has 7 atom stereocenters. The fourth-order valence-electron chi connectivity index (χ4n) is 9.15. The van der Waals surface area contributed by atoms with E-state index in [1.165, 1.54) is 76.2 Å². The Morgan fingerprint density at radius 3 is 2.67 bits per heavy atom. The summed E-state index contributed by atoms with van der Waals surface area (Å²) in [6.45, 7) is 10.3. The van der Waals surface area contributed by atoms with E-state index in [0.717, 1.165) is 29.6 Å². The van der Waals surface area contributed by atoms with Crippen molar-refractivity contribution in [1.82, 2.24) is 0 Å². The van der Waals surface area contributed by atoms with E-state index in [9.17, 15) is 0 Å². The Morgan fingerprint density at radius 2 is 1.83 bits per heavy atom. The summed E-state index contributed by atoms with van der Waals surface area (Å²) in [7, 11) is 0. The molecule has 0 amide bonds. The average molecular weight is 405 g/mol. The molecule has 3 saturated carbocycles. The number of benzene rings is 1. The number of hydrogen-bond donors (Lipinski definition) is 0. The molecule has 0 N–H and O–H groups in total. The van der Waals surface area contributed by atoms with Crippen LogP contribution in [0.3, 0.4) is 0 Å².